The smallest absolute Gasteiger partial charge is 0.744 e. The molecule has 0 saturated heterocycles. The van der Waals surface area contributed by atoms with Crippen molar-refractivity contribution in [3.8, 4) is 22.6 Å². The van der Waals surface area contributed by atoms with Crippen LogP contribution in [0.2, 0.25) is 0 Å². The van der Waals surface area contributed by atoms with Crippen LogP contribution in [-0.2, 0) is 10.1 Å². The Bertz CT molecular complexity index is 1150. The van der Waals surface area contributed by atoms with Gasteiger partial charge in [0, 0.05) is 6.07 Å². The average molecular weight is 412 g/mol. The van der Waals surface area contributed by atoms with Gasteiger partial charge >= 0.3 is 29.6 Å². The summed E-state index contributed by atoms with van der Waals surface area (Å²) in [5, 5.41) is 0.316. The van der Waals surface area contributed by atoms with Gasteiger partial charge in [-0.25, -0.2) is 8.42 Å². The van der Waals surface area contributed by atoms with Crippen LogP contribution in [0.5, 0.6) is 11.5 Å². The first-order chi connectivity index (χ1) is 12.8. The van der Waals surface area contributed by atoms with Crippen molar-refractivity contribution in [2.45, 2.75) is 18.7 Å². The first kappa shape index (κ1) is 22.4. The van der Waals surface area contributed by atoms with E-state index in [0.29, 0.717) is 23.3 Å². The summed E-state index contributed by atoms with van der Waals surface area (Å²) < 4.78 is 50.8. The summed E-state index contributed by atoms with van der Waals surface area (Å²) >= 11 is 0. The molecular formula is C19H17NaO7S. The molecule has 3 aromatic rings. The van der Waals surface area contributed by atoms with E-state index in [4.69, 9.17) is 13.9 Å². The van der Waals surface area contributed by atoms with Crippen LogP contribution >= 0.6 is 0 Å². The van der Waals surface area contributed by atoms with E-state index in [1.807, 2.05) is 6.92 Å². The summed E-state index contributed by atoms with van der Waals surface area (Å²) in [6.45, 7) is 4.19. The quantitative estimate of drug-likeness (QED) is 0.420. The van der Waals surface area contributed by atoms with Crippen molar-refractivity contribution in [1.29, 1.82) is 0 Å². The van der Waals surface area contributed by atoms with Crippen molar-refractivity contribution in [1.82, 2.24) is 0 Å². The Balaban J connectivity index is 0.00000280. The Labute approximate surface area is 184 Å². The fourth-order valence-electron chi connectivity index (χ4n) is 2.71. The Morgan fingerprint density at radius 1 is 1.04 bits per heavy atom. The topological polar surface area (TPSA) is 106 Å². The minimum absolute atomic E-state index is 0. The molecule has 0 atom stereocenters. The Kier molecular flexibility index (Phi) is 7.30. The third kappa shape index (κ3) is 4.59. The third-order valence-corrected chi connectivity index (χ3v) is 4.74. The van der Waals surface area contributed by atoms with Gasteiger partial charge in [-0.1, -0.05) is 6.07 Å². The Morgan fingerprint density at radius 3 is 2.39 bits per heavy atom. The summed E-state index contributed by atoms with van der Waals surface area (Å²) in [5.41, 5.74) is 0.382. The first-order valence-electron chi connectivity index (χ1n) is 8.26. The van der Waals surface area contributed by atoms with Crippen LogP contribution in [0.25, 0.3) is 22.1 Å². The van der Waals surface area contributed by atoms with Crippen molar-refractivity contribution in [3.05, 3.63) is 52.9 Å². The predicted octanol–water partition coefficient (Wildman–Crippen LogP) is 0.165. The van der Waals surface area contributed by atoms with Crippen LogP contribution in [0.3, 0.4) is 0 Å². The molecule has 0 unspecified atom stereocenters. The number of fused-ring (bicyclic) bond motifs is 1. The molecule has 1 aromatic heterocycles. The number of ether oxygens (including phenoxy) is 2. The van der Waals surface area contributed by atoms with Crippen molar-refractivity contribution >= 4 is 21.1 Å². The molecule has 28 heavy (non-hydrogen) atoms. The summed E-state index contributed by atoms with van der Waals surface area (Å²) in [4.78, 5) is 12.3. The fourth-order valence-corrected chi connectivity index (χ4v) is 3.35. The SMILES string of the molecule is CCOc1ccc2c(=O)c(-c3ccc(OCC)c(S(=O)(=O)[O-])c3)coc2c1.[Na+]. The predicted molar refractivity (Wildman–Crippen MR) is 98.2 cm³/mol. The standard InChI is InChI=1S/C19H18O7S.Na/c1-3-24-13-6-7-14-17(10-13)26-11-15(19(14)20)12-5-8-16(25-4-2)18(9-12)27(21,22)23;/h5-11H,3-4H2,1-2H3,(H,21,22,23);/q;+1/p-1. The number of hydrogen-bond acceptors (Lipinski definition) is 7. The molecule has 0 N–H and O–H groups in total. The third-order valence-electron chi connectivity index (χ3n) is 3.88. The Hall–Kier alpha value is -1.84. The van der Waals surface area contributed by atoms with Crippen LogP contribution in [-0.4, -0.2) is 26.2 Å². The second kappa shape index (κ2) is 9.11. The molecule has 0 radical (unpaired) electrons. The number of benzene rings is 2. The van der Waals surface area contributed by atoms with Gasteiger partial charge in [-0.2, -0.15) is 0 Å². The molecule has 0 aliphatic carbocycles. The van der Waals surface area contributed by atoms with E-state index in [-0.39, 0.29) is 58.5 Å². The van der Waals surface area contributed by atoms with Gasteiger partial charge in [-0.15, -0.1) is 0 Å². The van der Waals surface area contributed by atoms with Gasteiger partial charge in [0.2, 0.25) is 0 Å². The van der Waals surface area contributed by atoms with E-state index in [0.717, 1.165) is 6.07 Å². The zero-order valence-corrected chi connectivity index (χ0v) is 18.5. The molecule has 7 nitrogen and oxygen atoms in total. The maximum absolute atomic E-state index is 12.8. The zero-order chi connectivity index (χ0) is 19.6. The van der Waals surface area contributed by atoms with Crippen LogP contribution < -0.4 is 44.5 Å². The zero-order valence-electron chi connectivity index (χ0n) is 15.7. The molecule has 3 rings (SSSR count). The van der Waals surface area contributed by atoms with E-state index in [2.05, 4.69) is 0 Å². The molecule has 0 amide bonds. The van der Waals surface area contributed by atoms with Gasteiger partial charge in [0.1, 0.15) is 33.5 Å². The minimum atomic E-state index is -4.78. The van der Waals surface area contributed by atoms with Gasteiger partial charge < -0.3 is 18.4 Å². The molecule has 0 saturated carbocycles. The molecule has 9 heteroatoms. The van der Waals surface area contributed by atoms with Crippen molar-refractivity contribution in [2.75, 3.05) is 13.2 Å². The second-order valence-corrected chi connectivity index (χ2v) is 6.97. The van der Waals surface area contributed by atoms with Gasteiger partial charge in [-0.05, 0) is 43.7 Å². The van der Waals surface area contributed by atoms with E-state index >= 15 is 0 Å². The Morgan fingerprint density at radius 2 is 1.75 bits per heavy atom. The molecule has 0 spiro atoms. The normalized spacial score (nSPS) is 11.1. The molecule has 0 bridgehead atoms. The molecular weight excluding hydrogens is 395 g/mol. The maximum atomic E-state index is 12.8. The van der Waals surface area contributed by atoms with Crippen LogP contribution in [0.15, 0.2) is 56.8 Å². The van der Waals surface area contributed by atoms with Crippen LogP contribution in [0.1, 0.15) is 13.8 Å². The molecule has 2 aromatic carbocycles. The van der Waals surface area contributed by atoms with Crippen LogP contribution in [0.4, 0.5) is 0 Å². The molecule has 142 valence electrons. The van der Waals surface area contributed by atoms with E-state index in [9.17, 15) is 17.8 Å². The van der Waals surface area contributed by atoms with Gasteiger partial charge in [0.05, 0.1) is 29.1 Å². The van der Waals surface area contributed by atoms with Gasteiger partial charge in [0.25, 0.3) is 0 Å². The summed E-state index contributed by atoms with van der Waals surface area (Å²) in [7, 11) is -4.78. The van der Waals surface area contributed by atoms with Crippen molar-refractivity contribution in [2.24, 2.45) is 0 Å². The van der Waals surface area contributed by atoms with Crippen molar-refractivity contribution in [3.63, 3.8) is 0 Å². The fraction of sp³-hybridized carbons (Fsp3) is 0.211. The summed E-state index contributed by atoms with van der Waals surface area (Å²) in [6, 6.07) is 8.82. The van der Waals surface area contributed by atoms with E-state index in [1.165, 1.54) is 18.4 Å². The van der Waals surface area contributed by atoms with E-state index < -0.39 is 15.0 Å². The molecule has 0 aliphatic heterocycles. The minimum Gasteiger partial charge on any atom is -0.744 e. The first-order valence-corrected chi connectivity index (χ1v) is 9.67. The summed E-state index contributed by atoms with van der Waals surface area (Å²) in [5.74, 6) is 0.518. The van der Waals surface area contributed by atoms with Crippen LogP contribution in [0, 0.1) is 0 Å². The molecule has 1 heterocycles. The maximum Gasteiger partial charge on any atom is 1.00 e. The monoisotopic (exact) mass is 412 g/mol. The number of hydrogen-bond donors (Lipinski definition) is 0. The summed E-state index contributed by atoms with van der Waals surface area (Å²) in [6.07, 6.45) is 1.23. The second-order valence-electron chi connectivity index (χ2n) is 5.62. The molecule has 0 fully saturated rings. The van der Waals surface area contributed by atoms with Gasteiger partial charge in [0.15, 0.2) is 5.43 Å². The van der Waals surface area contributed by atoms with E-state index in [1.54, 1.807) is 25.1 Å². The van der Waals surface area contributed by atoms with Crippen molar-refractivity contribution < 1.29 is 56.4 Å². The van der Waals surface area contributed by atoms with Gasteiger partial charge in [-0.3, -0.25) is 4.79 Å². The number of rotatable bonds is 6. The molecule has 0 aliphatic rings. The average Bonchev–Trinajstić information content (AvgIpc) is 2.62. The largest absolute Gasteiger partial charge is 1.00 e.